The number of aromatic nitrogens is 6. The van der Waals surface area contributed by atoms with E-state index in [-0.39, 0.29) is 0 Å². The fraction of sp³-hybridized carbons (Fsp3) is 0.263. The molecule has 138 valence electrons. The van der Waals surface area contributed by atoms with Crippen LogP contribution >= 0.6 is 0 Å². The topological polar surface area (TPSA) is 82.7 Å². The van der Waals surface area contributed by atoms with Gasteiger partial charge in [0.2, 0.25) is 5.95 Å². The SMILES string of the molecule is COc1ccc(Cn2cnc(NCc3cnc4c(c3)c(C)nn4C)n2)cc1. The van der Waals surface area contributed by atoms with Crippen LogP contribution in [0.4, 0.5) is 5.95 Å². The molecule has 0 radical (unpaired) electrons. The van der Waals surface area contributed by atoms with Crippen molar-refractivity contribution < 1.29 is 4.74 Å². The Morgan fingerprint density at radius 2 is 1.89 bits per heavy atom. The molecular weight excluding hydrogens is 342 g/mol. The molecule has 0 amide bonds. The average Bonchev–Trinajstić information content (AvgIpc) is 3.25. The van der Waals surface area contributed by atoms with Gasteiger partial charge in [0.05, 0.1) is 19.3 Å². The second kappa shape index (κ2) is 7.06. The largest absolute Gasteiger partial charge is 0.497 e. The summed E-state index contributed by atoms with van der Waals surface area (Å²) in [5.41, 5.74) is 4.06. The van der Waals surface area contributed by atoms with Gasteiger partial charge in [0, 0.05) is 25.2 Å². The molecule has 4 aromatic rings. The summed E-state index contributed by atoms with van der Waals surface area (Å²) in [5, 5.41) is 13.2. The maximum absolute atomic E-state index is 5.18. The number of aryl methyl sites for hydroxylation is 2. The van der Waals surface area contributed by atoms with Crippen LogP contribution in [0, 0.1) is 6.92 Å². The van der Waals surface area contributed by atoms with Crippen molar-refractivity contribution in [2.24, 2.45) is 7.05 Å². The van der Waals surface area contributed by atoms with Crippen LogP contribution in [0.3, 0.4) is 0 Å². The highest BCUT2D eigenvalue weighted by molar-refractivity contribution is 5.78. The highest BCUT2D eigenvalue weighted by Gasteiger charge is 2.08. The van der Waals surface area contributed by atoms with Gasteiger partial charge in [-0.15, -0.1) is 5.10 Å². The molecule has 3 heterocycles. The summed E-state index contributed by atoms with van der Waals surface area (Å²) in [5.74, 6) is 1.43. The van der Waals surface area contributed by atoms with Gasteiger partial charge in [-0.1, -0.05) is 12.1 Å². The second-order valence-corrected chi connectivity index (χ2v) is 6.39. The molecule has 0 saturated carbocycles. The number of rotatable bonds is 6. The summed E-state index contributed by atoms with van der Waals surface area (Å²) in [6, 6.07) is 10.0. The lowest BCUT2D eigenvalue weighted by Gasteiger charge is -2.04. The number of nitrogens with one attached hydrogen (secondary N) is 1. The van der Waals surface area contributed by atoms with Gasteiger partial charge in [0.25, 0.3) is 0 Å². The van der Waals surface area contributed by atoms with E-state index in [1.54, 1.807) is 22.8 Å². The minimum absolute atomic E-state index is 0.589. The summed E-state index contributed by atoms with van der Waals surface area (Å²) >= 11 is 0. The van der Waals surface area contributed by atoms with Crippen molar-refractivity contribution in [2.45, 2.75) is 20.0 Å². The van der Waals surface area contributed by atoms with E-state index in [9.17, 15) is 0 Å². The Labute approximate surface area is 156 Å². The first-order valence-electron chi connectivity index (χ1n) is 8.67. The third kappa shape index (κ3) is 3.59. The summed E-state index contributed by atoms with van der Waals surface area (Å²) < 4.78 is 8.78. The van der Waals surface area contributed by atoms with E-state index in [4.69, 9.17) is 4.74 Å². The molecule has 0 aliphatic rings. The molecule has 4 rings (SSSR count). The standard InChI is InChI=1S/C19H21N7O/c1-13-17-8-15(9-20-18(17)25(2)23-13)10-21-19-22-12-26(24-19)11-14-4-6-16(27-3)7-5-14/h4-9,12H,10-11H2,1-3H3,(H,21,24). The van der Waals surface area contributed by atoms with Crippen LogP contribution in [0.15, 0.2) is 42.9 Å². The first-order chi connectivity index (χ1) is 13.1. The minimum Gasteiger partial charge on any atom is -0.497 e. The zero-order valence-corrected chi connectivity index (χ0v) is 15.5. The lowest BCUT2D eigenvalue weighted by atomic mass is 10.2. The molecule has 3 aromatic heterocycles. The number of nitrogens with zero attached hydrogens (tertiary/aromatic N) is 6. The van der Waals surface area contributed by atoms with E-state index in [1.807, 2.05) is 44.4 Å². The highest BCUT2D eigenvalue weighted by atomic mass is 16.5. The predicted octanol–water partition coefficient (Wildman–Crippen LogP) is 2.54. The van der Waals surface area contributed by atoms with Crippen molar-refractivity contribution in [1.82, 2.24) is 29.5 Å². The number of anilines is 1. The number of hydrogen-bond donors (Lipinski definition) is 1. The third-order valence-corrected chi connectivity index (χ3v) is 4.41. The molecule has 8 nitrogen and oxygen atoms in total. The van der Waals surface area contributed by atoms with E-state index in [0.717, 1.165) is 33.6 Å². The fourth-order valence-electron chi connectivity index (χ4n) is 3.00. The molecule has 0 bridgehead atoms. The third-order valence-electron chi connectivity index (χ3n) is 4.41. The van der Waals surface area contributed by atoms with Crippen molar-refractivity contribution >= 4 is 17.0 Å². The molecule has 0 atom stereocenters. The Balaban J connectivity index is 1.41. The van der Waals surface area contributed by atoms with E-state index in [2.05, 4.69) is 31.5 Å². The smallest absolute Gasteiger partial charge is 0.242 e. The summed E-state index contributed by atoms with van der Waals surface area (Å²) in [6.45, 7) is 3.24. The zero-order valence-electron chi connectivity index (χ0n) is 15.5. The molecule has 1 N–H and O–H groups in total. The Morgan fingerprint density at radius 1 is 1.07 bits per heavy atom. The van der Waals surface area contributed by atoms with Crippen LogP contribution in [0.1, 0.15) is 16.8 Å². The minimum atomic E-state index is 0.589. The van der Waals surface area contributed by atoms with Crippen LogP contribution in [0.25, 0.3) is 11.0 Å². The zero-order chi connectivity index (χ0) is 18.8. The van der Waals surface area contributed by atoms with E-state index >= 15 is 0 Å². The lowest BCUT2D eigenvalue weighted by Crippen LogP contribution is -2.04. The van der Waals surface area contributed by atoms with Gasteiger partial charge in [-0.3, -0.25) is 4.68 Å². The van der Waals surface area contributed by atoms with Crippen LogP contribution in [0.5, 0.6) is 5.75 Å². The van der Waals surface area contributed by atoms with Gasteiger partial charge in [0.1, 0.15) is 12.1 Å². The Hall–Kier alpha value is -3.42. The maximum atomic E-state index is 5.18. The normalized spacial score (nSPS) is 11.1. The van der Waals surface area contributed by atoms with Gasteiger partial charge in [-0.25, -0.2) is 14.6 Å². The first kappa shape index (κ1) is 17.0. The van der Waals surface area contributed by atoms with E-state index < -0.39 is 0 Å². The van der Waals surface area contributed by atoms with Gasteiger partial charge in [0.15, 0.2) is 5.65 Å². The first-order valence-corrected chi connectivity index (χ1v) is 8.67. The van der Waals surface area contributed by atoms with Crippen molar-refractivity contribution in [2.75, 3.05) is 12.4 Å². The van der Waals surface area contributed by atoms with Crippen LogP contribution in [-0.2, 0) is 20.1 Å². The van der Waals surface area contributed by atoms with Crippen LogP contribution < -0.4 is 10.1 Å². The number of ether oxygens (including phenoxy) is 1. The maximum Gasteiger partial charge on any atom is 0.242 e. The Morgan fingerprint density at radius 3 is 2.67 bits per heavy atom. The van der Waals surface area contributed by atoms with Crippen LogP contribution in [0.2, 0.25) is 0 Å². The molecule has 0 saturated heterocycles. The molecule has 0 aliphatic heterocycles. The number of pyridine rings is 1. The van der Waals surface area contributed by atoms with Gasteiger partial charge >= 0.3 is 0 Å². The molecule has 8 heteroatoms. The number of benzene rings is 1. The van der Waals surface area contributed by atoms with Crippen molar-refractivity contribution in [3.63, 3.8) is 0 Å². The Bertz CT molecular complexity index is 1070. The molecular formula is C19H21N7O. The fourth-order valence-corrected chi connectivity index (χ4v) is 3.00. The van der Waals surface area contributed by atoms with E-state index in [0.29, 0.717) is 19.0 Å². The summed E-state index contributed by atoms with van der Waals surface area (Å²) in [7, 11) is 3.56. The number of methoxy groups -OCH3 is 1. The van der Waals surface area contributed by atoms with E-state index in [1.165, 1.54) is 0 Å². The van der Waals surface area contributed by atoms with Gasteiger partial charge in [-0.2, -0.15) is 5.10 Å². The number of fused-ring (bicyclic) bond motifs is 1. The second-order valence-electron chi connectivity index (χ2n) is 6.39. The molecule has 0 fully saturated rings. The lowest BCUT2D eigenvalue weighted by molar-refractivity contribution is 0.414. The van der Waals surface area contributed by atoms with Crippen LogP contribution in [-0.4, -0.2) is 36.6 Å². The molecule has 0 aliphatic carbocycles. The predicted molar refractivity (Wildman–Crippen MR) is 103 cm³/mol. The van der Waals surface area contributed by atoms with Crippen molar-refractivity contribution in [3.8, 4) is 5.75 Å². The molecule has 0 spiro atoms. The monoisotopic (exact) mass is 363 g/mol. The average molecular weight is 363 g/mol. The van der Waals surface area contributed by atoms with Gasteiger partial charge < -0.3 is 10.1 Å². The van der Waals surface area contributed by atoms with Crippen molar-refractivity contribution in [3.05, 3.63) is 59.7 Å². The molecule has 0 unspecified atom stereocenters. The highest BCUT2D eigenvalue weighted by Crippen LogP contribution is 2.17. The Kier molecular flexibility index (Phi) is 4.45. The molecule has 1 aromatic carbocycles. The summed E-state index contributed by atoms with van der Waals surface area (Å²) in [6.07, 6.45) is 3.57. The summed E-state index contributed by atoms with van der Waals surface area (Å²) in [4.78, 5) is 8.82. The number of hydrogen-bond acceptors (Lipinski definition) is 6. The molecule has 27 heavy (non-hydrogen) atoms. The quantitative estimate of drug-likeness (QED) is 0.567. The van der Waals surface area contributed by atoms with Gasteiger partial charge in [-0.05, 0) is 36.2 Å². The van der Waals surface area contributed by atoms with Crippen molar-refractivity contribution in [1.29, 1.82) is 0 Å².